The van der Waals surface area contributed by atoms with Gasteiger partial charge >= 0.3 is 0 Å². The summed E-state index contributed by atoms with van der Waals surface area (Å²) in [5, 5.41) is 14.2. The molecule has 2 aromatic carbocycles. The summed E-state index contributed by atoms with van der Waals surface area (Å²) >= 11 is 10.6. The zero-order chi connectivity index (χ0) is 21.2. The number of halogens is 5. The fraction of sp³-hybridized carbons (Fsp3) is 0.0667. The molecule has 2 aromatic rings. The summed E-state index contributed by atoms with van der Waals surface area (Å²) in [6.07, 6.45) is 0. The van der Waals surface area contributed by atoms with Crippen molar-refractivity contribution in [1.82, 2.24) is 5.32 Å². The molecule has 0 aliphatic carbocycles. The van der Waals surface area contributed by atoms with Crippen molar-refractivity contribution >= 4 is 46.2 Å². The predicted octanol–water partition coefficient (Wildman–Crippen LogP) is 3.94. The molecule has 1 amide bonds. The Kier molecular flexibility index (Phi) is 6.36. The van der Waals surface area contributed by atoms with Crippen LogP contribution in [0.25, 0.3) is 0 Å². The zero-order valence-corrected chi connectivity index (χ0v) is 15.2. The predicted molar refractivity (Wildman–Crippen MR) is 94.6 cm³/mol. The number of non-ortho nitro benzene ring substituents is 1. The average molecular weight is 438 g/mol. The Bertz CT molecular complexity index is 977. The van der Waals surface area contributed by atoms with E-state index in [9.17, 15) is 32.5 Å². The normalized spacial score (nSPS) is 10.4. The molecule has 0 spiro atoms. The molecule has 13 heteroatoms. The van der Waals surface area contributed by atoms with Gasteiger partial charge in [0.2, 0.25) is 11.6 Å². The minimum atomic E-state index is -2.00. The number of thiocarbonyl (C=S) groups is 1. The van der Waals surface area contributed by atoms with Crippen molar-refractivity contribution in [2.75, 3.05) is 12.4 Å². The van der Waals surface area contributed by atoms with Gasteiger partial charge in [-0.1, -0.05) is 11.6 Å². The number of hydrogen-bond donors (Lipinski definition) is 2. The van der Waals surface area contributed by atoms with Crippen molar-refractivity contribution in [2.45, 2.75) is 0 Å². The van der Waals surface area contributed by atoms with Crippen LogP contribution >= 0.6 is 23.8 Å². The van der Waals surface area contributed by atoms with E-state index >= 15 is 0 Å². The van der Waals surface area contributed by atoms with Crippen molar-refractivity contribution in [1.29, 1.82) is 0 Å². The Morgan fingerprint density at radius 1 is 1.18 bits per heavy atom. The molecule has 2 N–H and O–H groups in total. The van der Waals surface area contributed by atoms with Crippen LogP contribution in [0, 0.1) is 33.4 Å². The molecule has 2 rings (SSSR count). The first kappa shape index (κ1) is 21.3. The quantitative estimate of drug-likeness (QED) is 0.247. The maximum Gasteiger partial charge on any atom is 0.271 e. The van der Waals surface area contributed by atoms with Crippen LogP contribution in [-0.4, -0.2) is 23.1 Å². The number of amides is 1. The molecule has 0 aliphatic rings. The van der Waals surface area contributed by atoms with Gasteiger partial charge in [-0.2, -0.15) is 8.78 Å². The first-order valence-electron chi connectivity index (χ1n) is 7.04. The van der Waals surface area contributed by atoms with Crippen LogP contribution in [0.2, 0.25) is 5.02 Å². The minimum absolute atomic E-state index is 0.0268. The summed E-state index contributed by atoms with van der Waals surface area (Å²) in [6.45, 7) is 0. The highest BCUT2D eigenvalue weighted by molar-refractivity contribution is 7.80. The molecular formula is C15H8ClF4N3O4S. The van der Waals surface area contributed by atoms with Crippen LogP contribution in [-0.2, 0) is 0 Å². The summed E-state index contributed by atoms with van der Waals surface area (Å²) in [5.74, 6) is -10.8. The summed E-state index contributed by atoms with van der Waals surface area (Å²) in [7, 11) is 0.780. The lowest BCUT2D eigenvalue weighted by molar-refractivity contribution is -0.384. The molecule has 28 heavy (non-hydrogen) atoms. The van der Waals surface area contributed by atoms with Gasteiger partial charge in [-0.15, -0.1) is 0 Å². The number of methoxy groups -OCH3 is 1. The number of anilines is 1. The van der Waals surface area contributed by atoms with Crippen molar-refractivity contribution in [3.63, 3.8) is 0 Å². The molecule has 0 heterocycles. The van der Waals surface area contributed by atoms with E-state index in [-0.39, 0.29) is 16.4 Å². The Morgan fingerprint density at radius 3 is 2.25 bits per heavy atom. The first-order chi connectivity index (χ1) is 13.1. The fourth-order valence-electron chi connectivity index (χ4n) is 2.03. The third-order valence-corrected chi connectivity index (χ3v) is 3.82. The van der Waals surface area contributed by atoms with Crippen LogP contribution in [0.15, 0.2) is 18.2 Å². The van der Waals surface area contributed by atoms with E-state index in [1.165, 1.54) is 6.07 Å². The SMILES string of the molecule is COc1c(F)c(F)c(C(=O)NC(=S)Nc2cc([N+](=O)[O-])ccc2Cl)c(F)c1F. The number of hydrogen-bond acceptors (Lipinski definition) is 5. The van der Waals surface area contributed by atoms with Gasteiger partial charge < -0.3 is 10.1 Å². The number of rotatable bonds is 4. The molecule has 0 bridgehead atoms. The molecule has 0 fully saturated rings. The molecule has 0 atom stereocenters. The van der Waals surface area contributed by atoms with Crippen molar-refractivity contribution < 1.29 is 32.0 Å². The standard InChI is InChI=1S/C15H8ClF4N3O4S/c1-27-13-11(19)9(17)8(10(18)12(13)20)14(24)22-15(28)21-7-4-5(23(25)26)2-3-6(7)16/h2-4H,1H3,(H2,21,22,24,28). The summed E-state index contributed by atoms with van der Waals surface area (Å²) in [6, 6.07) is 3.25. The summed E-state index contributed by atoms with van der Waals surface area (Å²) in [5.41, 5.74) is -2.04. The number of nitro groups is 1. The second-order valence-electron chi connectivity index (χ2n) is 4.99. The highest BCUT2D eigenvalue weighted by atomic mass is 35.5. The van der Waals surface area contributed by atoms with Gasteiger partial charge in [0.1, 0.15) is 5.56 Å². The molecule has 0 saturated carbocycles. The summed E-state index contributed by atoms with van der Waals surface area (Å²) < 4.78 is 59.5. The molecule has 0 aromatic heterocycles. The maximum absolute atomic E-state index is 13.9. The van der Waals surface area contributed by atoms with Gasteiger partial charge in [0.25, 0.3) is 11.6 Å². The van der Waals surface area contributed by atoms with Gasteiger partial charge in [-0.25, -0.2) is 8.78 Å². The number of nitrogens with one attached hydrogen (secondary N) is 2. The largest absolute Gasteiger partial charge is 0.491 e. The van der Waals surface area contributed by atoms with E-state index in [1.807, 2.05) is 0 Å². The Labute approximate surface area is 164 Å². The van der Waals surface area contributed by atoms with E-state index < -0.39 is 50.5 Å². The zero-order valence-electron chi connectivity index (χ0n) is 13.6. The van der Waals surface area contributed by atoms with E-state index in [0.29, 0.717) is 0 Å². The molecule has 0 unspecified atom stereocenters. The van der Waals surface area contributed by atoms with Gasteiger partial charge in [-0.05, 0) is 18.3 Å². The van der Waals surface area contributed by atoms with Crippen LogP contribution in [0.5, 0.6) is 5.75 Å². The lowest BCUT2D eigenvalue weighted by Gasteiger charge is -2.13. The smallest absolute Gasteiger partial charge is 0.271 e. The topological polar surface area (TPSA) is 93.5 Å². The summed E-state index contributed by atoms with van der Waals surface area (Å²) in [4.78, 5) is 22.1. The Morgan fingerprint density at radius 2 is 1.75 bits per heavy atom. The molecule has 7 nitrogen and oxygen atoms in total. The van der Waals surface area contributed by atoms with E-state index in [2.05, 4.69) is 10.1 Å². The first-order valence-corrected chi connectivity index (χ1v) is 7.83. The highest BCUT2D eigenvalue weighted by Gasteiger charge is 2.30. The van der Waals surface area contributed by atoms with E-state index in [0.717, 1.165) is 19.2 Å². The molecule has 148 valence electrons. The maximum atomic E-state index is 13.9. The molecule has 0 saturated heterocycles. The van der Waals surface area contributed by atoms with Crippen LogP contribution in [0.3, 0.4) is 0 Å². The molecular weight excluding hydrogens is 430 g/mol. The molecule has 0 aliphatic heterocycles. The second kappa shape index (κ2) is 8.35. The third kappa shape index (κ3) is 4.12. The van der Waals surface area contributed by atoms with Crippen LogP contribution in [0.1, 0.15) is 10.4 Å². The van der Waals surface area contributed by atoms with E-state index in [4.69, 9.17) is 23.8 Å². The number of nitro benzene ring substituents is 1. The minimum Gasteiger partial charge on any atom is -0.491 e. The monoisotopic (exact) mass is 437 g/mol. The van der Waals surface area contributed by atoms with Crippen molar-refractivity contribution in [3.8, 4) is 5.75 Å². The average Bonchev–Trinajstić information content (AvgIpc) is 2.62. The lowest BCUT2D eigenvalue weighted by atomic mass is 10.1. The lowest BCUT2D eigenvalue weighted by Crippen LogP contribution is -2.35. The highest BCUT2D eigenvalue weighted by Crippen LogP contribution is 2.30. The Balaban J connectivity index is 2.28. The molecule has 0 radical (unpaired) electrons. The number of benzene rings is 2. The second-order valence-corrected chi connectivity index (χ2v) is 5.81. The van der Waals surface area contributed by atoms with Crippen LogP contribution < -0.4 is 15.4 Å². The van der Waals surface area contributed by atoms with Gasteiger partial charge in [-0.3, -0.25) is 20.2 Å². The van der Waals surface area contributed by atoms with Gasteiger partial charge in [0.15, 0.2) is 22.5 Å². The van der Waals surface area contributed by atoms with Gasteiger partial charge in [0, 0.05) is 12.1 Å². The number of carbonyl (C=O) groups is 1. The number of ether oxygens (including phenoxy) is 1. The van der Waals surface area contributed by atoms with Gasteiger partial charge in [0.05, 0.1) is 22.7 Å². The third-order valence-electron chi connectivity index (χ3n) is 3.29. The van der Waals surface area contributed by atoms with Crippen molar-refractivity contribution in [2.24, 2.45) is 0 Å². The van der Waals surface area contributed by atoms with Crippen LogP contribution in [0.4, 0.5) is 28.9 Å². The van der Waals surface area contributed by atoms with E-state index in [1.54, 1.807) is 5.32 Å². The fourth-order valence-corrected chi connectivity index (χ4v) is 2.40. The van der Waals surface area contributed by atoms with Crippen molar-refractivity contribution in [3.05, 3.63) is 62.2 Å². The number of carbonyl (C=O) groups excluding carboxylic acids is 1. The number of nitrogens with zero attached hydrogens (tertiary/aromatic N) is 1. The Hall–Kier alpha value is -2.99.